The fourth-order valence-electron chi connectivity index (χ4n) is 2.00. The Morgan fingerprint density at radius 1 is 1.17 bits per heavy atom. The van der Waals surface area contributed by atoms with Crippen LogP contribution >= 0.6 is 23.1 Å². The van der Waals surface area contributed by atoms with Crippen LogP contribution in [-0.4, -0.2) is 21.6 Å². The number of aryl methyl sites for hydroxylation is 1. The lowest BCUT2D eigenvalue weighted by Gasteiger charge is -2.06. The summed E-state index contributed by atoms with van der Waals surface area (Å²) in [5, 5.41) is 5.99. The molecule has 0 saturated heterocycles. The van der Waals surface area contributed by atoms with E-state index in [4.69, 9.17) is 0 Å². The second-order valence-electron chi connectivity index (χ2n) is 4.85. The van der Waals surface area contributed by atoms with Crippen LogP contribution in [0.3, 0.4) is 0 Å². The normalized spacial score (nSPS) is 10.5. The zero-order valence-corrected chi connectivity index (χ0v) is 14.2. The van der Waals surface area contributed by atoms with Crippen LogP contribution in [0.4, 0.5) is 5.69 Å². The van der Waals surface area contributed by atoms with Crippen LogP contribution < -0.4 is 5.32 Å². The Morgan fingerprint density at radius 2 is 1.91 bits per heavy atom. The number of nitrogens with one attached hydrogen (secondary N) is 1. The Kier molecular flexibility index (Phi) is 5.05. The van der Waals surface area contributed by atoms with E-state index in [1.807, 2.05) is 48.7 Å². The van der Waals surface area contributed by atoms with Gasteiger partial charge in [-0.05, 0) is 31.2 Å². The number of hydrogen-bond acceptors (Lipinski definition) is 5. The van der Waals surface area contributed by atoms with Crippen molar-refractivity contribution in [2.75, 3.05) is 11.1 Å². The lowest BCUT2D eigenvalue weighted by Crippen LogP contribution is -2.13. The van der Waals surface area contributed by atoms with Gasteiger partial charge in [-0.1, -0.05) is 12.1 Å². The van der Waals surface area contributed by atoms with Crippen LogP contribution in [0.1, 0.15) is 5.01 Å². The van der Waals surface area contributed by atoms with E-state index in [2.05, 4.69) is 15.3 Å². The zero-order chi connectivity index (χ0) is 16.1. The second-order valence-corrected chi connectivity index (χ2v) is 6.96. The fraction of sp³-hybridized carbons (Fsp3) is 0.118. The molecule has 0 unspecified atom stereocenters. The first-order chi connectivity index (χ1) is 11.2. The van der Waals surface area contributed by atoms with Gasteiger partial charge in [-0.3, -0.25) is 9.78 Å². The van der Waals surface area contributed by atoms with Gasteiger partial charge in [-0.2, -0.15) is 0 Å². The van der Waals surface area contributed by atoms with Gasteiger partial charge in [-0.15, -0.1) is 23.1 Å². The molecule has 0 aliphatic rings. The highest BCUT2D eigenvalue weighted by atomic mass is 32.2. The number of nitrogens with zero attached hydrogens (tertiary/aromatic N) is 2. The van der Waals surface area contributed by atoms with Gasteiger partial charge in [0.25, 0.3) is 0 Å². The Bertz CT molecular complexity index is 785. The highest BCUT2D eigenvalue weighted by molar-refractivity contribution is 8.00. The number of carbonyl (C=O) groups excluding carboxylic acids is 1. The second kappa shape index (κ2) is 7.39. The third kappa shape index (κ3) is 4.40. The molecule has 23 heavy (non-hydrogen) atoms. The minimum absolute atomic E-state index is 0.0240. The van der Waals surface area contributed by atoms with Gasteiger partial charge in [0.05, 0.1) is 16.5 Å². The lowest BCUT2D eigenvalue weighted by atomic mass is 10.1. The Balaban J connectivity index is 1.56. The highest BCUT2D eigenvalue weighted by Crippen LogP contribution is 2.23. The summed E-state index contributed by atoms with van der Waals surface area (Å²) < 4.78 is 0. The third-order valence-corrected chi connectivity index (χ3v) is 4.89. The third-order valence-electron chi connectivity index (χ3n) is 3.10. The molecule has 0 bridgehead atoms. The maximum absolute atomic E-state index is 12.0. The van der Waals surface area contributed by atoms with Crippen LogP contribution in [0.25, 0.3) is 11.3 Å². The smallest absolute Gasteiger partial charge is 0.234 e. The van der Waals surface area contributed by atoms with E-state index in [0.717, 1.165) is 26.8 Å². The summed E-state index contributed by atoms with van der Waals surface area (Å²) in [6.45, 7) is 1.99. The van der Waals surface area contributed by atoms with E-state index in [1.54, 1.807) is 23.7 Å². The van der Waals surface area contributed by atoms with Gasteiger partial charge < -0.3 is 5.32 Å². The van der Waals surface area contributed by atoms with Gasteiger partial charge in [0.1, 0.15) is 0 Å². The number of amides is 1. The van der Waals surface area contributed by atoms with Crippen LogP contribution in [0, 0.1) is 6.92 Å². The average Bonchev–Trinajstić information content (AvgIpc) is 3.01. The van der Waals surface area contributed by atoms with Crippen molar-refractivity contribution >= 4 is 34.7 Å². The molecular weight excluding hydrogens is 326 g/mol. The summed E-state index contributed by atoms with van der Waals surface area (Å²) >= 11 is 3.12. The quantitative estimate of drug-likeness (QED) is 0.705. The van der Waals surface area contributed by atoms with E-state index in [-0.39, 0.29) is 5.91 Å². The van der Waals surface area contributed by atoms with E-state index < -0.39 is 0 Å². The number of rotatable bonds is 5. The molecule has 0 saturated carbocycles. The van der Waals surface area contributed by atoms with Crippen molar-refractivity contribution in [3.05, 3.63) is 59.2 Å². The predicted octanol–water partition coefficient (Wildman–Crippen LogP) is 4.24. The van der Waals surface area contributed by atoms with E-state index >= 15 is 0 Å². The minimum Gasteiger partial charge on any atom is -0.325 e. The van der Waals surface area contributed by atoms with E-state index in [0.29, 0.717) is 5.75 Å². The number of carbonyl (C=O) groups is 1. The molecule has 1 N–H and O–H groups in total. The monoisotopic (exact) mass is 341 g/mol. The van der Waals surface area contributed by atoms with Crippen molar-refractivity contribution in [2.45, 2.75) is 11.8 Å². The first-order valence-corrected chi connectivity index (χ1v) is 8.92. The first kappa shape index (κ1) is 15.7. The van der Waals surface area contributed by atoms with Crippen LogP contribution in [0.15, 0.2) is 59.1 Å². The summed E-state index contributed by atoms with van der Waals surface area (Å²) in [6.07, 6.45) is 3.44. The molecule has 4 nitrogen and oxygen atoms in total. The first-order valence-electron chi connectivity index (χ1n) is 7.06. The maximum atomic E-state index is 12.0. The predicted molar refractivity (Wildman–Crippen MR) is 95.9 cm³/mol. The Labute approximate surface area is 143 Å². The van der Waals surface area contributed by atoms with Crippen molar-refractivity contribution in [1.82, 2.24) is 9.97 Å². The van der Waals surface area contributed by atoms with Crippen molar-refractivity contribution in [3.63, 3.8) is 0 Å². The highest BCUT2D eigenvalue weighted by Gasteiger charge is 2.05. The molecule has 2 heterocycles. The number of thioether (sulfide) groups is 1. The summed E-state index contributed by atoms with van der Waals surface area (Å²) in [5.41, 5.74) is 2.82. The molecule has 0 aliphatic heterocycles. The molecule has 2 aromatic heterocycles. The molecule has 3 aromatic rings. The summed E-state index contributed by atoms with van der Waals surface area (Å²) in [7, 11) is 0. The number of hydrogen-bond donors (Lipinski definition) is 1. The van der Waals surface area contributed by atoms with Crippen molar-refractivity contribution in [1.29, 1.82) is 0 Å². The molecule has 1 aromatic carbocycles. The maximum Gasteiger partial charge on any atom is 0.234 e. The Morgan fingerprint density at radius 3 is 2.57 bits per heavy atom. The average molecular weight is 341 g/mol. The molecule has 0 atom stereocenters. The van der Waals surface area contributed by atoms with Gasteiger partial charge in [0.2, 0.25) is 5.91 Å². The molecule has 116 valence electrons. The number of pyridine rings is 1. The molecule has 0 radical (unpaired) electrons. The molecule has 6 heteroatoms. The topological polar surface area (TPSA) is 54.9 Å². The molecule has 0 spiro atoms. The fourth-order valence-corrected chi connectivity index (χ4v) is 3.31. The molecule has 3 rings (SSSR count). The van der Waals surface area contributed by atoms with Crippen molar-refractivity contribution in [3.8, 4) is 11.3 Å². The summed E-state index contributed by atoms with van der Waals surface area (Å²) in [5.74, 6) is 0.348. The van der Waals surface area contributed by atoms with Crippen LogP contribution in [-0.2, 0) is 4.79 Å². The standard InChI is InChI=1S/C17H15N3OS2/c1-12-19-16(10-22-12)13-2-4-14(5-3-13)20-17(21)11-23-15-6-8-18-9-7-15/h2-10H,11H2,1H3,(H,20,21). The van der Waals surface area contributed by atoms with Gasteiger partial charge in [0, 0.05) is 33.9 Å². The van der Waals surface area contributed by atoms with Gasteiger partial charge in [0.15, 0.2) is 0 Å². The number of aromatic nitrogens is 2. The van der Waals surface area contributed by atoms with Crippen LogP contribution in [0.2, 0.25) is 0 Å². The van der Waals surface area contributed by atoms with Gasteiger partial charge >= 0.3 is 0 Å². The number of benzene rings is 1. The SMILES string of the molecule is Cc1nc(-c2ccc(NC(=O)CSc3ccncc3)cc2)cs1. The Hall–Kier alpha value is -2.18. The largest absolute Gasteiger partial charge is 0.325 e. The molecule has 0 aliphatic carbocycles. The molecule has 0 fully saturated rings. The van der Waals surface area contributed by atoms with Crippen LogP contribution in [0.5, 0.6) is 0 Å². The summed E-state index contributed by atoms with van der Waals surface area (Å²) in [4.78, 5) is 21.4. The van der Waals surface area contributed by atoms with Crippen molar-refractivity contribution < 1.29 is 4.79 Å². The van der Waals surface area contributed by atoms with E-state index in [9.17, 15) is 4.79 Å². The number of thiazole rings is 1. The molecular formula is C17H15N3OS2. The minimum atomic E-state index is -0.0240. The van der Waals surface area contributed by atoms with Gasteiger partial charge in [-0.25, -0.2) is 4.98 Å². The number of anilines is 1. The lowest BCUT2D eigenvalue weighted by molar-refractivity contribution is -0.113. The van der Waals surface area contributed by atoms with Crippen molar-refractivity contribution in [2.24, 2.45) is 0 Å². The van der Waals surface area contributed by atoms with E-state index in [1.165, 1.54) is 11.8 Å². The summed E-state index contributed by atoms with van der Waals surface area (Å²) in [6, 6.07) is 11.5. The molecule has 1 amide bonds. The zero-order valence-electron chi connectivity index (χ0n) is 12.5.